The van der Waals surface area contributed by atoms with Crippen LogP contribution in [0.5, 0.6) is 0 Å². The Morgan fingerprint density at radius 1 is 1.18 bits per heavy atom. The van der Waals surface area contributed by atoms with Crippen molar-refractivity contribution < 1.29 is 9.53 Å². The minimum Gasteiger partial charge on any atom is -0.366 e. The Hall–Kier alpha value is -0.0900. The van der Waals surface area contributed by atoms with Crippen molar-refractivity contribution in [3.63, 3.8) is 0 Å². The molecule has 0 unspecified atom stereocenters. The summed E-state index contributed by atoms with van der Waals surface area (Å²) >= 11 is 3.39. The number of unbranched alkanes of at least 4 members (excludes halogenated alkanes) is 1. The van der Waals surface area contributed by atoms with Crippen molar-refractivity contribution in [2.75, 3.05) is 18.4 Å². The second-order valence-electron chi connectivity index (χ2n) is 6.02. The Morgan fingerprint density at radius 3 is 2.18 bits per heavy atom. The lowest BCUT2D eigenvalue weighted by Gasteiger charge is -2.47. The number of rotatable bonds is 4. The highest BCUT2D eigenvalue weighted by atomic mass is 79.9. The minimum absolute atomic E-state index is 0.243. The van der Waals surface area contributed by atoms with E-state index < -0.39 is 0 Å². The summed E-state index contributed by atoms with van der Waals surface area (Å²) in [5.74, 6) is 0.260. The van der Waals surface area contributed by atoms with E-state index in [9.17, 15) is 4.79 Å². The van der Waals surface area contributed by atoms with Gasteiger partial charge in [0, 0.05) is 24.8 Å². The summed E-state index contributed by atoms with van der Waals surface area (Å²) in [5.41, 5.74) is -0.486. The number of amides is 1. The van der Waals surface area contributed by atoms with Crippen LogP contribution < -0.4 is 0 Å². The van der Waals surface area contributed by atoms with Crippen LogP contribution >= 0.6 is 15.9 Å². The van der Waals surface area contributed by atoms with Gasteiger partial charge in [-0.05, 0) is 40.5 Å². The molecule has 17 heavy (non-hydrogen) atoms. The molecule has 0 bridgehead atoms. The van der Waals surface area contributed by atoms with E-state index in [1.165, 1.54) is 0 Å². The van der Waals surface area contributed by atoms with Gasteiger partial charge in [0.25, 0.3) is 0 Å². The van der Waals surface area contributed by atoms with E-state index in [2.05, 4.69) is 15.9 Å². The fourth-order valence-corrected chi connectivity index (χ4v) is 2.89. The fourth-order valence-electron chi connectivity index (χ4n) is 2.49. The molecule has 0 aromatic rings. The molecule has 4 heteroatoms. The first-order chi connectivity index (χ1) is 7.76. The van der Waals surface area contributed by atoms with Crippen molar-refractivity contribution >= 4 is 21.8 Å². The standard InChI is InChI=1S/C13H24BrNO2/c1-12(2)9-15(10-13(3,4)17-12)11(16)7-5-6-8-14/h5-10H2,1-4H3. The normalized spacial score (nSPS) is 22.5. The van der Waals surface area contributed by atoms with Gasteiger partial charge in [-0.25, -0.2) is 0 Å². The minimum atomic E-state index is -0.243. The maximum Gasteiger partial charge on any atom is 0.222 e. The van der Waals surface area contributed by atoms with Gasteiger partial charge in [-0.2, -0.15) is 0 Å². The topological polar surface area (TPSA) is 29.5 Å². The first kappa shape index (κ1) is 15.0. The molecule has 0 saturated carbocycles. The molecule has 0 radical (unpaired) electrons. The van der Waals surface area contributed by atoms with Crippen molar-refractivity contribution in [3.05, 3.63) is 0 Å². The van der Waals surface area contributed by atoms with E-state index >= 15 is 0 Å². The van der Waals surface area contributed by atoms with Crippen LogP contribution in [0.15, 0.2) is 0 Å². The monoisotopic (exact) mass is 305 g/mol. The van der Waals surface area contributed by atoms with E-state index in [-0.39, 0.29) is 17.1 Å². The number of carbonyl (C=O) groups is 1. The largest absolute Gasteiger partial charge is 0.366 e. The van der Waals surface area contributed by atoms with Crippen LogP contribution in [0.3, 0.4) is 0 Å². The number of morpholine rings is 1. The second-order valence-corrected chi connectivity index (χ2v) is 6.81. The predicted molar refractivity (Wildman–Crippen MR) is 73.5 cm³/mol. The van der Waals surface area contributed by atoms with Gasteiger partial charge in [0.05, 0.1) is 11.2 Å². The summed E-state index contributed by atoms with van der Waals surface area (Å²) in [6, 6.07) is 0. The van der Waals surface area contributed by atoms with Gasteiger partial charge >= 0.3 is 0 Å². The third kappa shape index (κ3) is 4.96. The van der Waals surface area contributed by atoms with E-state index in [0.717, 1.165) is 18.2 Å². The zero-order valence-corrected chi connectivity index (χ0v) is 13.0. The molecule has 0 aliphatic carbocycles. The molecule has 1 rings (SSSR count). The second kappa shape index (κ2) is 5.70. The molecule has 0 aromatic heterocycles. The van der Waals surface area contributed by atoms with Crippen LogP contribution in [-0.2, 0) is 9.53 Å². The summed E-state index contributed by atoms with van der Waals surface area (Å²) in [6.45, 7) is 9.59. The molecule has 1 fully saturated rings. The molecule has 1 aliphatic rings. The van der Waals surface area contributed by atoms with Crippen LogP contribution in [0.2, 0.25) is 0 Å². The molecule has 3 nitrogen and oxygen atoms in total. The van der Waals surface area contributed by atoms with Crippen LogP contribution in [0, 0.1) is 0 Å². The average Bonchev–Trinajstić information content (AvgIpc) is 2.13. The lowest BCUT2D eigenvalue weighted by atomic mass is 9.98. The number of hydrogen-bond donors (Lipinski definition) is 0. The molecule has 1 saturated heterocycles. The third-order valence-electron chi connectivity index (χ3n) is 2.82. The molecule has 100 valence electrons. The maximum atomic E-state index is 12.1. The molecule has 1 amide bonds. The Labute approximate surface area is 113 Å². The fraction of sp³-hybridized carbons (Fsp3) is 0.923. The summed E-state index contributed by atoms with van der Waals surface area (Å²) in [6.07, 6.45) is 2.67. The van der Waals surface area contributed by atoms with Crippen molar-refractivity contribution in [2.45, 2.75) is 58.2 Å². The van der Waals surface area contributed by atoms with E-state index in [1.54, 1.807) is 0 Å². The first-order valence-electron chi connectivity index (χ1n) is 6.30. The Bertz CT molecular complexity index is 261. The van der Waals surface area contributed by atoms with E-state index in [1.807, 2.05) is 32.6 Å². The highest BCUT2D eigenvalue weighted by molar-refractivity contribution is 9.09. The van der Waals surface area contributed by atoms with Gasteiger partial charge in [-0.1, -0.05) is 15.9 Å². The lowest BCUT2D eigenvalue weighted by Crippen LogP contribution is -2.58. The maximum absolute atomic E-state index is 12.1. The Kier molecular flexibility index (Phi) is 5.02. The summed E-state index contributed by atoms with van der Waals surface area (Å²) in [5, 5.41) is 0.973. The van der Waals surface area contributed by atoms with Crippen molar-refractivity contribution in [1.29, 1.82) is 0 Å². The third-order valence-corrected chi connectivity index (χ3v) is 3.38. The van der Waals surface area contributed by atoms with Gasteiger partial charge in [0.2, 0.25) is 5.91 Å². The zero-order valence-electron chi connectivity index (χ0n) is 11.4. The highest BCUT2D eigenvalue weighted by Crippen LogP contribution is 2.28. The summed E-state index contributed by atoms with van der Waals surface area (Å²) in [7, 11) is 0. The summed E-state index contributed by atoms with van der Waals surface area (Å²) < 4.78 is 5.97. The Balaban J connectivity index is 2.55. The van der Waals surface area contributed by atoms with Crippen LogP contribution in [0.4, 0.5) is 0 Å². The highest BCUT2D eigenvalue weighted by Gasteiger charge is 2.39. The lowest BCUT2D eigenvalue weighted by molar-refractivity contribution is -0.188. The Morgan fingerprint density at radius 2 is 1.71 bits per heavy atom. The average molecular weight is 306 g/mol. The molecular weight excluding hydrogens is 282 g/mol. The van der Waals surface area contributed by atoms with Gasteiger partial charge < -0.3 is 9.64 Å². The number of halogens is 1. The quantitative estimate of drug-likeness (QED) is 0.590. The molecule has 0 aromatic carbocycles. The van der Waals surface area contributed by atoms with Crippen molar-refractivity contribution in [2.24, 2.45) is 0 Å². The van der Waals surface area contributed by atoms with Crippen molar-refractivity contribution in [3.8, 4) is 0 Å². The van der Waals surface area contributed by atoms with E-state index in [0.29, 0.717) is 19.5 Å². The number of carbonyl (C=O) groups excluding carboxylic acids is 1. The number of ether oxygens (including phenoxy) is 1. The van der Waals surface area contributed by atoms with Gasteiger partial charge in [-0.15, -0.1) is 0 Å². The zero-order chi connectivity index (χ0) is 13.1. The first-order valence-corrected chi connectivity index (χ1v) is 7.42. The molecule has 1 aliphatic heterocycles. The smallest absolute Gasteiger partial charge is 0.222 e. The van der Waals surface area contributed by atoms with Gasteiger partial charge in [0.15, 0.2) is 0 Å². The number of nitrogens with zero attached hydrogens (tertiary/aromatic N) is 1. The van der Waals surface area contributed by atoms with Gasteiger partial charge in [0.1, 0.15) is 0 Å². The van der Waals surface area contributed by atoms with Crippen LogP contribution in [-0.4, -0.2) is 40.4 Å². The SMILES string of the molecule is CC1(C)CN(C(=O)CCCCBr)CC(C)(C)O1. The van der Waals surface area contributed by atoms with Crippen LogP contribution in [0.1, 0.15) is 47.0 Å². The predicted octanol–water partition coefficient (Wildman–Crippen LogP) is 2.97. The molecular formula is C13H24BrNO2. The number of hydrogen-bond acceptors (Lipinski definition) is 2. The molecule has 0 atom stereocenters. The number of alkyl halides is 1. The van der Waals surface area contributed by atoms with Gasteiger partial charge in [-0.3, -0.25) is 4.79 Å². The summed E-state index contributed by atoms with van der Waals surface area (Å²) in [4.78, 5) is 14.1. The molecule has 0 spiro atoms. The van der Waals surface area contributed by atoms with Crippen LogP contribution in [0.25, 0.3) is 0 Å². The molecule has 1 heterocycles. The molecule has 0 N–H and O–H groups in total. The van der Waals surface area contributed by atoms with E-state index in [4.69, 9.17) is 4.74 Å². The van der Waals surface area contributed by atoms with Crippen molar-refractivity contribution in [1.82, 2.24) is 4.90 Å².